The van der Waals surface area contributed by atoms with Crippen molar-refractivity contribution in [2.75, 3.05) is 0 Å². The molecule has 0 nitrogen and oxygen atoms in total. The maximum Gasteiger partial charge on any atom is 0.0440 e. The molecule has 1 radical (unpaired) electrons. The van der Waals surface area contributed by atoms with Crippen LogP contribution in [0, 0.1) is 6.07 Å². The number of benzene rings is 6. The highest BCUT2D eigenvalue weighted by atomic mass is 32.1. The van der Waals surface area contributed by atoms with Crippen molar-refractivity contribution in [1.82, 2.24) is 0 Å². The smallest absolute Gasteiger partial charge is 0.0440 e. The van der Waals surface area contributed by atoms with Crippen LogP contribution >= 0.6 is 22.7 Å². The molecule has 0 aliphatic heterocycles. The third kappa shape index (κ3) is 2.53. The maximum atomic E-state index is 3.63. The summed E-state index contributed by atoms with van der Waals surface area (Å²) in [6.07, 6.45) is 0. The van der Waals surface area contributed by atoms with Crippen LogP contribution in [0.3, 0.4) is 0 Å². The summed E-state index contributed by atoms with van der Waals surface area (Å²) in [5.41, 5.74) is 2.42. The fourth-order valence-electron chi connectivity index (χ4n) is 5.37. The van der Waals surface area contributed by atoms with E-state index in [2.05, 4.69) is 109 Å². The summed E-state index contributed by atoms with van der Waals surface area (Å²) >= 11 is 3.79. The first-order valence-electron chi connectivity index (χ1n) is 11.4. The van der Waals surface area contributed by atoms with E-state index in [1.807, 2.05) is 22.7 Å². The first kappa shape index (κ1) is 18.7. The number of rotatable bonds is 1. The molecule has 0 atom stereocenters. The Kier molecular flexibility index (Phi) is 3.79. The van der Waals surface area contributed by atoms with Crippen molar-refractivity contribution in [3.8, 4) is 11.1 Å². The minimum Gasteiger partial charge on any atom is -0.135 e. The molecule has 0 unspecified atom stereocenters. The summed E-state index contributed by atoms with van der Waals surface area (Å²) in [6.45, 7) is 0. The molecule has 8 rings (SSSR count). The molecule has 2 heteroatoms. The molecule has 0 saturated heterocycles. The molecule has 2 heterocycles. The molecule has 0 N–H and O–H groups in total. The molecule has 0 bridgehead atoms. The molecule has 0 aliphatic carbocycles. The van der Waals surface area contributed by atoms with Gasteiger partial charge in [-0.3, -0.25) is 0 Å². The molecule has 6 aromatic carbocycles. The van der Waals surface area contributed by atoms with Gasteiger partial charge >= 0.3 is 0 Å². The Hall–Kier alpha value is -3.72. The van der Waals surface area contributed by atoms with E-state index >= 15 is 0 Å². The van der Waals surface area contributed by atoms with Crippen LogP contribution < -0.4 is 0 Å². The summed E-state index contributed by atoms with van der Waals surface area (Å²) < 4.78 is 5.41. The molecule has 0 amide bonds. The molecule has 157 valence electrons. The molecule has 0 spiro atoms. The summed E-state index contributed by atoms with van der Waals surface area (Å²) in [4.78, 5) is 0. The topological polar surface area (TPSA) is 0 Å². The van der Waals surface area contributed by atoms with Gasteiger partial charge in [0.1, 0.15) is 0 Å². The van der Waals surface area contributed by atoms with E-state index < -0.39 is 0 Å². The van der Waals surface area contributed by atoms with Gasteiger partial charge in [-0.2, -0.15) is 0 Å². The fourth-order valence-corrected chi connectivity index (χ4v) is 7.87. The van der Waals surface area contributed by atoms with Gasteiger partial charge in [-0.1, -0.05) is 78.9 Å². The van der Waals surface area contributed by atoms with Gasteiger partial charge < -0.3 is 0 Å². The molecule has 2 aromatic heterocycles. The average Bonchev–Trinajstić information content (AvgIpc) is 3.47. The Labute approximate surface area is 204 Å². The van der Waals surface area contributed by atoms with Crippen molar-refractivity contribution >= 4 is 84.6 Å². The van der Waals surface area contributed by atoms with Gasteiger partial charge in [-0.15, -0.1) is 22.7 Å². The maximum absolute atomic E-state index is 3.63. The van der Waals surface area contributed by atoms with E-state index in [1.165, 1.54) is 67.5 Å². The zero-order valence-corrected chi connectivity index (χ0v) is 19.8. The lowest BCUT2D eigenvalue weighted by atomic mass is 9.94. The lowest BCUT2D eigenvalue weighted by Crippen LogP contribution is -1.84. The van der Waals surface area contributed by atoms with Gasteiger partial charge in [0.15, 0.2) is 0 Å². The van der Waals surface area contributed by atoms with Gasteiger partial charge in [0.2, 0.25) is 0 Å². The van der Waals surface area contributed by atoms with E-state index in [1.54, 1.807) is 0 Å². The normalized spacial score (nSPS) is 12.1. The Balaban J connectivity index is 1.48. The molecule has 0 aliphatic rings. The van der Waals surface area contributed by atoms with Gasteiger partial charge in [-0.05, 0) is 52.2 Å². The number of hydrogen-bond donors (Lipinski definition) is 0. The monoisotopic (exact) mass is 465 g/mol. The first-order valence-corrected chi connectivity index (χ1v) is 13.1. The SMILES string of the molecule is [c]1cc2ccc3c4ccccc4sc3c2cc1-c1cccc2ccc3c4ccccc4sc3c12. The standard InChI is InChI=1S/C32H17S2/c1-3-10-28-23(7-1)25-16-14-19-12-13-21(18-27(19)31(25)33-28)22-9-5-6-20-15-17-26-24-8-2-4-11-29(24)34-32(26)30(20)22/h1-12,14-18H. The summed E-state index contributed by atoms with van der Waals surface area (Å²) in [5, 5.41) is 10.5. The van der Waals surface area contributed by atoms with Crippen molar-refractivity contribution in [3.05, 3.63) is 109 Å². The van der Waals surface area contributed by atoms with E-state index in [4.69, 9.17) is 0 Å². The highest BCUT2D eigenvalue weighted by Gasteiger charge is 2.14. The Bertz CT molecular complexity index is 2070. The van der Waals surface area contributed by atoms with Crippen molar-refractivity contribution in [1.29, 1.82) is 0 Å². The van der Waals surface area contributed by atoms with Crippen LogP contribution in [0.2, 0.25) is 0 Å². The zero-order chi connectivity index (χ0) is 22.2. The second kappa shape index (κ2) is 6.89. The van der Waals surface area contributed by atoms with Crippen LogP contribution in [0.5, 0.6) is 0 Å². The molecule has 8 aromatic rings. The van der Waals surface area contributed by atoms with Crippen LogP contribution in [0.25, 0.3) is 73.0 Å². The molecule has 34 heavy (non-hydrogen) atoms. The number of fused-ring (bicyclic) bond motifs is 10. The van der Waals surface area contributed by atoms with Crippen molar-refractivity contribution < 1.29 is 0 Å². The summed E-state index contributed by atoms with van der Waals surface area (Å²) in [7, 11) is 0. The van der Waals surface area contributed by atoms with Crippen LogP contribution in [-0.4, -0.2) is 0 Å². The Morgan fingerprint density at radius 1 is 0.500 bits per heavy atom. The first-order chi connectivity index (χ1) is 16.8. The third-order valence-corrected chi connectivity index (χ3v) is 9.39. The largest absolute Gasteiger partial charge is 0.135 e. The average molecular weight is 466 g/mol. The predicted molar refractivity (Wildman–Crippen MR) is 152 cm³/mol. The second-order valence-electron chi connectivity index (χ2n) is 8.83. The van der Waals surface area contributed by atoms with E-state index in [-0.39, 0.29) is 0 Å². The van der Waals surface area contributed by atoms with E-state index in [0.29, 0.717) is 0 Å². The lowest BCUT2D eigenvalue weighted by molar-refractivity contribution is 1.71. The minimum atomic E-state index is 1.16. The van der Waals surface area contributed by atoms with Gasteiger partial charge in [0.25, 0.3) is 0 Å². The van der Waals surface area contributed by atoms with Crippen molar-refractivity contribution in [2.24, 2.45) is 0 Å². The van der Waals surface area contributed by atoms with Crippen molar-refractivity contribution in [3.63, 3.8) is 0 Å². The van der Waals surface area contributed by atoms with E-state index in [9.17, 15) is 0 Å². The Morgan fingerprint density at radius 2 is 1.18 bits per heavy atom. The highest BCUT2D eigenvalue weighted by molar-refractivity contribution is 7.27. The van der Waals surface area contributed by atoms with E-state index in [0.717, 1.165) is 5.56 Å². The van der Waals surface area contributed by atoms with Crippen molar-refractivity contribution in [2.45, 2.75) is 0 Å². The molecule has 0 saturated carbocycles. The van der Waals surface area contributed by atoms with Crippen LogP contribution in [0.1, 0.15) is 0 Å². The predicted octanol–water partition coefficient (Wildman–Crippen LogP) is 10.2. The minimum absolute atomic E-state index is 1.16. The lowest BCUT2D eigenvalue weighted by Gasteiger charge is -2.10. The summed E-state index contributed by atoms with van der Waals surface area (Å²) in [5.74, 6) is 0. The number of hydrogen-bond acceptors (Lipinski definition) is 2. The zero-order valence-electron chi connectivity index (χ0n) is 18.1. The van der Waals surface area contributed by atoms with Crippen LogP contribution in [0.15, 0.2) is 103 Å². The Morgan fingerprint density at radius 3 is 1.97 bits per heavy atom. The highest BCUT2D eigenvalue weighted by Crippen LogP contribution is 2.43. The summed E-state index contributed by atoms with van der Waals surface area (Å²) in [6, 6.07) is 41.3. The quantitative estimate of drug-likeness (QED) is 0.226. The fraction of sp³-hybridized carbons (Fsp3) is 0. The second-order valence-corrected chi connectivity index (χ2v) is 10.9. The third-order valence-electron chi connectivity index (χ3n) is 6.97. The molecular weight excluding hydrogens is 448 g/mol. The van der Waals surface area contributed by atoms with Gasteiger partial charge in [0.05, 0.1) is 0 Å². The number of thiophene rings is 2. The molecular formula is C32H17S2. The molecule has 0 fully saturated rings. The van der Waals surface area contributed by atoms with Gasteiger partial charge in [-0.25, -0.2) is 0 Å². The van der Waals surface area contributed by atoms with Crippen LogP contribution in [0.4, 0.5) is 0 Å². The van der Waals surface area contributed by atoms with Gasteiger partial charge in [0, 0.05) is 51.1 Å². The van der Waals surface area contributed by atoms with Crippen LogP contribution in [-0.2, 0) is 0 Å².